The quantitative estimate of drug-likeness (QED) is 0.648. The van der Waals surface area contributed by atoms with Gasteiger partial charge in [-0.25, -0.2) is 4.79 Å². The number of carboxylic acid groups (broad SMARTS) is 1. The number of carboxylic acids is 1. The first kappa shape index (κ1) is 16.8. The maximum atomic E-state index is 11.5. The third-order valence-corrected chi connectivity index (χ3v) is 2.53. The van der Waals surface area contributed by atoms with Gasteiger partial charge in [-0.3, -0.25) is 4.79 Å². The second-order valence-electron chi connectivity index (χ2n) is 4.22. The van der Waals surface area contributed by atoms with Crippen LogP contribution in [0.4, 0.5) is 0 Å². The smallest absolute Gasteiger partial charge is 0.329 e. The van der Waals surface area contributed by atoms with Gasteiger partial charge >= 0.3 is 5.97 Å². The Balaban J connectivity index is 2.23. The van der Waals surface area contributed by atoms with Crippen molar-refractivity contribution in [2.75, 3.05) is 33.5 Å². The first-order chi connectivity index (χ1) is 10.0. The molecule has 21 heavy (non-hydrogen) atoms. The number of aryl methyl sites for hydroxylation is 1. The molecule has 0 atom stereocenters. The monoisotopic (exact) mass is 297 g/mol. The second kappa shape index (κ2) is 8.80. The summed E-state index contributed by atoms with van der Waals surface area (Å²) in [5.74, 6) is -0.0186. The van der Waals surface area contributed by atoms with Crippen molar-refractivity contribution in [2.24, 2.45) is 0 Å². The van der Waals surface area contributed by atoms with Crippen molar-refractivity contribution in [1.29, 1.82) is 0 Å². The van der Waals surface area contributed by atoms with Crippen molar-refractivity contribution < 1.29 is 28.9 Å². The third-order valence-electron chi connectivity index (χ3n) is 2.53. The summed E-state index contributed by atoms with van der Waals surface area (Å²) in [5.41, 5.74) is 0.914. The molecule has 0 aliphatic carbocycles. The van der Waals surface area contributed by atoms with E-state index in [9.17, 15) is 9.59 Å². The molecule has 1 amide bonds. The average molecular weight is 297 g/mol. The topological polar surface area (TPSA) is 94.1 Å². The number of hydrogen-bond acceptors (Lipinski definition) is 5. The molecule has 0 saturated carbocycles. The highest BCUT2D eigenvalue weighted by Gasteiger charge is 2.05. The number of ether oxygens (including phenoxy) is 3. The average Bonchev–Trinajstić information content (AvgIpc) is 2.44. The van der Waals surface area contributed by atoms with Crippen LogP contribution in [0.5, 0.6) is 11.5 Å². The van der Waals surface area contributed by atoms with Gasteiger partial charge in [0, 0.05) is 6.54 Å². The van der Waals surface area contributed by atoms with Gasteiger partial charge in [0.25, 0.3) is 5.91 Å². The molecular weight excluding hydrogens is 278 g/mol. The molecule has 0 unspecified atom stereocenters. The molecule has 1 aromatic carbocycles. The molecule has 0 saturated heterocycles. The normalized spacial score (nSPS) is 10.0. The van der Waals surface area contributed by atoms with Crippen LogP contribution in [0, 0.1) is 6.92 Å². The van der Waals surface area contributed by atoms with E-state index in [2.05, 4.69) is 5.32 Å². The molecule has 0 aliphatic rings. The molecule has 1 aromatic rings. The van der Waals surface area contributed by atoms with Crippen LogP contribution in [0.25, 0.3) is 0 Å². The predicted molar refractivity (Wildman–Crippen MR) is 74.7 cm³/mol. The summed E-state index contributed by atoms with van der Waals surface area (Å²) in [7, 11) is 1.59. The van der Waals surface area contributed by atoms with E-state index in [0.717, 1.165) is 11.3 Å². The number of carbonyl (C=O) groups is 2. The number of carbonyl (C=O) groups excluding carboxylic acids is 1. The lowest BCUT2D eigenvalue weighted by molar-refractivity contribution is -0.142. The fourth-order valence-corrected chi connectivity index (χ4v) is 1.56. The minimum atomic E-state index is -1.04. The van der Waals surface area contributed by atoms with Crippen LogP contribution in [0.3, 0.4) is 0 Å². The Labute approximate surface area is 122 Å². The van der Waals surface area contributed by atoms with Gasteiger partial charge < -0.3 is 24.6 Å². The van der Waals surface area contributed by atoms with Crippen molar-refractivity contribution in [2.45, 2.75) is 6.92 Å². The zero-order valence-corrected chi connectivity index (χ0v) is 12.0. The number of methoxy groups -OCH3 is 1. The third kappa shape index (κ3) is 6.62. The maximum absolute atomic E-state index is 11.5. The summed E-state index contributed by atoms with van der Waals surface area (Å²) in [4.78, 5) is 21.7. The van der Waals surface area contributed by atoms with Crippen molar-refractivity contribution >= 4 is 11.9 Å². The molecule has 0 aromatic heterocycles. The zero-order chi connectivity index (χ0) is 15.7. The summed E-state index contributed by atoms with van der Waals surface area (Å²) < 4.78 is 15.2. The summed E-state index contributed by atoms with van der Waals surface area (Å²) in [6.07, 6.45) is 0. The van der Waals surface area contributed by atoms with Crippen LogP contribution < -0.4 is 14.8 Å². The molecule has 0 aliphatic heterocycles. The molecule has 116 valence electrons. The molecule has 0 spiro atoms. The van der Waals surface area contributed by atoms with Crippen LogP contribution >= 0.6 is 0 Å². The Morgan fingerprint density at radius 2 is 2.05 bits per heavy atom. The Kier molecular flexibility index (Phi) is 7.03. The highest BCUT2D eigenvalue weighted by Crippen LogP contribution is 2.22. The molecule has 7 heteroatoms. The van der Waals surface area contributed by atoms with E-state index in [1.165, 1.54) is 0 Å². The lowest BCUT2D eigenvalue weighted by atomic mass is 10.2. The lowest BCUT2D eigenvalue weighted by Gasteiger charge is -2.10. The van der Waals surface area contributed by atoms with Crippen molar-refractivity contribution in [1.82, 2.24) is 5.32 Å². The zero-order valence-electron chi connectivity index (χ0n) is 12.0. The molecule has 0 heterocycles. The molecule has 0 bridgehead atoms. The number of amides is 1. The Bertz CT molecular complexity index is 488. The summed E-state index contributed by atoms with van der Waals surface area (Å²) in [6.45, 7) is 1.75. The Morgan fingerprint density at radius 1 is 1.29 bits per heavy atom. The van der Waals surface area contributed by atoms with Crippen LogP contribution in [0.1, 0.15) is 5.56 Å². The highest BCUT2D eigenvalue weighted by atomic mass is 16.5. The molecule has 0 radical (unpaired) electrons. The number of hydrogen-bond donors (Lipinski definition) is 2. The van der Waals surface area contributed by atoms with E-state index >= 15 is 0 Å². The van der Waals surface area contributed by atoms with Gasteiger partial charge in [0.1, 0.15) is 18.1 Å². The predicted octanol–water partition coefficient (Wildman–Crippen LogP) is 0.600. The molecule has 0 fully saturated rings. The number of benzene rings is 1. The standard InChI is InChI=1S/C14H19NO6/c1-10-7-11(3-4-12(10)19-2)21-8-13(16)15-5-6-20-9-14(17)18/h3-4,7H,5-6,8-9H2,1-2H3,(H,15,16)(H,17,18). The molecular formula is C14H19NO6. The van der Waals surface area contributed by atoms with E-state index in [-0.39, 0.29) is 32.3 Å². The van der Waals surface area contributed by atoms with Crippen molar-refractivity contribution in [3.63, 3.8) is 0 Å². The van der Waals surface area contributed by atoms with E-state index in [1.54, 1.807) is 25.3 Å². The van der Waals surface area contributed by atoms with Crippen LogP contribution in [-0.2, 0) is 14.3 Å². The summed E-state index contributed by atoms with van der Waals surface area (Å²) in [6, 6.07) is 5.26. The van der Waals surface area contributed by atoms with Crippen molar-refractivity contribution in [3.05, 3.63) is 23.8 Å². The van der Waals surface area contributed by atoms with E-state index in [1.807, 2.05) is 6.92 Å². The van der Waals surface area contributed by atoms with Gasteiger partial charge in [-0.1, -0.05) is 0 Å². The Morgan fingerprint density at radius 3 is 2.67 bits per heavy atom. The number of rotatable bonds is 9. The maximum Gasteiger partial charge on any atom is 0.329 e. The van der Waals surface area contributed by atoms with Crippen LogP contribution in [0.15, 0.2) is 18.2 Å². The van der Waals surface area contributed by atoms with Crippen LogP contribution in [0.2, 0.25) is 0 Å². The largest absolute Gasteiger partial charge is 0.496 e. The van der Waals surface area contributed by atoms with Crippen molar-refractivity contribution in [3.8, 4) is 11.5 Å². The first-order valence-corrected chi connectivity index (χ1v) is 6.36. The summed E-state index contributed by atoms with van der Waals surface area (Å²) in [5, 5.41) is 10.9. The van der Waals surface area contributed by atoms with Gasteiger partial charge in [0.05, 0.1) is 13.7 Å². The van der Waals surface area contributed by atoms with Gasteiger partial charge in [0.2, 0.25) is 0 Å². The Hall–Kier alpha value is -2.28. The number of aliphatic carboxylic acids is 1. The van der Waals surface area contributed by atoms with E-state index in [4.69, 9.17) is 19.3 Å². The van der Waals surface area contributed by atoms with Gasteiger partial charge in [-0.05, 0) is 30.7 Å². The first-order valence-electron chi connectivity index (χ1n) is 6.36. The van der Waals surface area contributed by atoms with Gasteiger partial charge in [-0.15, -0.1) is 0 Å². The minimum absolute atomic E-state index is 0.120. The van der Waals surface area contributed by atoms with Gasteiger partial charge in [0.15, 0.2) is 6.61 Å². The van der Waals surface area contributed by atoms with Crippen LogP contribution in [-0.4, -0.2) is 50.5 Å². The fourth-order valence-electron chi connectivity index (χ4n) is 1.56. The van der Waals surface area contributed by atoms with E-state index in [0.29, 0.717) is 5.75 Å². The molecule has 2 N–H and O–H groups in total. The molecule has 7 nitrogen and oxygen atoms in total. The fraction of sp³-hybridized carbons (Fsp3) is 0.429. The lowest BCUT2D eigenvalue weighted by Crippen LogP contribution is -2.32. The molecule has 1 rings (SSSR count). The highest BCUT2D eigenvalue weighted by molar-refractivity contribution is 5.77. The number of nitrogens with one attached hydrogen (secondary N) is 1. The SMILES string of the molecule is COc1ccc(OCC(=O)NCCOCC(=O)O)cc1C. The van der Waals surface area contributed by atoms with E-state index < -0.39 is 5.97 Å². The minimum Gasteiger partial charge on any atom is -0.496 e. The van der Waals surface area contributed by atoms with Gasteiger partial charge in [-0.2, -0.15) is 0 Å². The second-order valence-corrected chi connectivity index (χ2v) is 4.22. The summed E-state index contributed by atoms with van der Waals surface area (Å²) >= 11 is 0.